The van der Waals surface area contributed by atoms with E-state index in [2.05, 4.69) is 5.32 Å². The van der Waals surface area contributed by atoms with Crippen molar-refractivity contribution in [1.29, 1.82) is 0 Å². The minimum absolute atomic E-state index is 0.0123. The summed E-state index contributed by atoms with van der Waals surface area (Å²) < 4.78 is 10.3. The number of anilines is 1. The summed E-state index contributed by atoms with van der Waals surface area (Å²) in [7, 11) is 1.42. The number of nitro groups is 1. The minimum Gasteiger partial charge on any atom is -0.496 e. The highest BCUT2D eigenvalue weighted by molar-refractivity contribution is 5.93. The summed E-state index contributed by atoms with van der Waals surface area (Å²) in [6, 6.07) is 8.14. The highest BCUT2D eigenvalue weighted by Crippen LogP contribution is 2.31. The number of aryl methyl sites for hydroxylation is 3. The molecule has 0 saturated carbocycles. The maximum atomic E-state index is 12.1. The third-order valence-electron chi connectivity index (χ3n) is 3.66. The fourth-order valence-electron chi connectivity index (χ4n) is 2.58. The van der Waals surface area contributed by atoms with Crippen LogP contribution in [0.25, 0.3) is 0 Å². The molecule has 1 amide bonds. The van der Waals surface area contributed by atoms with Gasteiger partial charge in [-0.25, -0.2) is 0 Å². The molecule has 1 N–H and O–H groups in total. The number of nitro benzene ring substituents is 1. The van der Waals surface area contributed by atoms with Crippen LogP contribution in [0.5, 0.6) is 11.5 Å². The zero-order valence-electron chi connectivity index (χ0n) is 14.6. The molecule has 0 unspecified atom stereocenters. The zero-order valence-corrected chi connectivity index (χ0v) is 14.6. The number of nitrogens with zero attached hydrogens (tertiary/aromatic N) is 1. The van der Waals surface area contributed by atoms with E-state index < -0.39 is 4.92 Å². The molecule has 0 aromatic heterocycles. The molecule has 0 heterocycles. The Labute approximate surface area is 145 Å². The number of carbonyl (C=O) groups is 1. The van der Waals surface area contributed by atoms with Gasteiger partial charge >= 0.3 is 5.69 Å². The Morgan fingerprint density at radius 3 is 2.36 bits per heavy atom. The van der Waals surface area contributed by atoms with E-state index in [-0.39, 0.29) is 24.0 Å². The van der Waals surface area contributed by atoms with Gasteiger partial charge in [0, 0.05) is 5.69 Å². The molecular weight excluding hydrogens is 324 g/mol. The van der Waals surface area contributed by atoms with Gasteiger partial charge in [-0.3, -0.25) is 14.9 Å². The molecule has 132 valence electrons. The van der Waals surface area contributed by atoms with Crippen LogP contribution in [-0.4, -0.2) is 24.5 Å². The maximum Gasteiger partial charge on any atom is 0.314 e. The Morgan fingerprint density at radius 2 is 1.80 bits per heavy atom. The van der Waals surface area contributed by atoms with Crippen LogP contribution in [0, 0.1) is 30.9 Å². The molecule has 25 heavy (non-hydrogen) atoms. The van der Waals surface area contributed by atoms with Gasteiger partial charge in [-0.1, -0.05) is 17.7 Å². The average molecular weight is 344 g/mol. The molecule has 0 bridgehead atoms. The van der Waals surface area contributed by atoms with Crippen molar-refractivity contribution in [3.63, 3.8) is 0 Å². The summed E-state index contributed by atoms with van der Waals surface area (Å²) in [5.74, 6) is -0.0344. The summed E-state index contributed by atoms with van der Waals surface area (Å²) in [5, 5.41) is 13.9. The molecular formula is C18H20N2O5. The van der Waals surface area contributed by atoms with Crippen LogP contribution >= 0.6 is 0 Å². The number of hydrogen-bond acceptors (Lipinski definition) is 5. The van der Waals surface area contributed by atoms with Crippen molar-refractivity contribution >= 4 is 17.3 Å². The predicted octanol–water partition coefficient (Wildman–Crippen LogP) is 3.55. The quantitative estimate of drug-likeness (QED) is 0.639. The van der Waals surface area contributed by atoms with Crippen molar-refractivity contribution in [3.8, 4) is 11.5 Å². The van der Waals surface area contributed by atoms with E-state index in [0.29, 0.717) is 5.75 Å². The molecule has 7 nitrogen and oxygen atoms in total. The normalized spacial score (nSPS) is 10.2. The molecule has 0 aliphatic rings. The number of benzene rings is 2. The van der Waals surface area contributed by atoms with Gasteiger partial charge in [0.2, 0.25) is 0 Å². The van der Waals surface area contributed by atoms with Crippen molar-refractivity contribution < 1.29 is 19.2 Å². The second kappa shape index (κ2) is 7.65. The second-order valence-electron chi connectivity index (χ2n) is 5.70. The summed E-state index contributed by atoms with van der Waals surface area (Å²) in [6.07, 6.45) is 0. The number of rotatable bonds is 6. The van der Waals surface area contributed by atoms with Crippen molar-refractivity contribution in [2.24, 2.45) is 0 Å². The first kappa shape index (κ1) is 18.3. The number of methoxy groups -OCH3 is 1. The fourth-order valence-corrected chi connectivity index (χ4v) is 2.58. The van der Waals surface area contributed by atoms with Crippen LogP contribution in [0.2, 0.25) is 0 Å². The molecule has 0 radical (unpaired) electrons. The van der Waals surface area contributed by atoms with E-state index >= 15 is 0 Å². The van der Waals surface area contributed by atoms with Crippen molar-refractivity contribution in [3.05, 3.63) is 57.1 Å². The van der Waals surface area contributed by atoms with E-state index in [1.165, 1.54) is 25.3 Å². The molecule has 0 spiro atoms. The Morgan fingerprint density at radius 1 is 1.16 bits per heavy atom. The molecule has 2 rings (SSSR count). The fraction of sp³-hybridized carbons (Fsp3) is 0.278. The minimum atomic E-state index is -0.579. The Kier molecular flexibility index (Phi) is 5.59. The lowest BCUT2D eigenvalue weighted by molar-refractivity contribution is -0.385. The summed E-state index contributed by atoms with van der Waals surface area (Å²) >= 11 is 0. The number of carbonyl (C=O) groups excluding carboxylic acids is 1. The SMILES string of the molecule is COc1ccc(OCC(=O)Nc2c(C)cc(C)cc2C)c([N+](=O)[O-])c1. The lowest BCUT2D eigenvalue weighted by Gasteiger charge is -2.13. The molecule has 0 aliphatic heterocycles. The van der Waals surface area contributed by atoms with Crippen LogP contribution in [0.15, 0.2) is 30.3 Å². The molecule has 0 atom stereocenters. The molecule has 0 saturated heterocycles. The summed E-state index contributed by atoms with van der Waals surface area (Å²) in [4.78, 5) is 22.7. The number of nitrogens with one attached hydrogen (secondary N) is 1. The van der Waals surface area contributed by atoms with Gasteiger partial charge in [0.25, 0.3) is 5.91 Å². The van der Waals surface area contributed by atoms with Crippen LogP contribution in [0.4, 0.5) is 11.4 Å². The Bertz CT molecular complexity index is 794. The van der Waals surface area contributed by atoms with Crippen LogP contribution < -0.4 is 14.8 Å². The van der Waals surface area contributed by atoms with Gasteiger partial charge in [-0.15, -0.1) is 0 Å². The monoisotopic (exact) mass is 344 g/mol. The van der Waals surface area contributed by atoms with Crippen molar-refractivity contribution in [2.75, 3.05) is 19.0 Å². The van der Waals surface area contributed by atoms with Crippen molar-refractivity contribution in [2.45, 2.75) is 20.8 Å². The summed E-state index contributed by atoms with van der Waals surface area (Å²) in [6.45, 7) is 5.47. The number of amides is 1. The molecule has 0 aliphatic carbocycles. The summed E-state index contributed by atoms with van der Waals surface area (Å²) in [5.41, 5.74) is 3.47. The van der Waals surface area contributed by atoms with Gasteiger partial charge in [0.1, 0.15) is 5.75 Å². The molecule has 2 aromatic rings. The second-order valence-corrected chi connectivity index (χ2v) is 5.70. The number of hydrogen-bond donors (Lipinski definition) is 1. The van der Waals surface area contributed by atoms with Crippen LogP contribution in [-0.2, 0) is 4.79 Å². The average Bonchev–Trinajstić information content (AvgIpc) is 2.55. The third kappa shape index (κ3) is 4.47. The first-order valence-corrected chi connectivity index (χ1v) is 7.64. The Balaban J connectivity index is 2.09. The molecule has 2 aromatic carbocycles. The van der Waals surface area contributed by atoms with Gasteiger partial charge in [-0.05, 0) is 44.0 Å². The number of ether oxygens (including phenoxy) is 2. The van der Waals surface area contributed by atoms with E-state index in [4.69, 9.17) is 9.47 Å². The predicted molar refractivity (Wildman–Crippen MR) is 94.4 cm³/mol. The molecule has 7 heteroatoms. The van der Waals surface area contributed by atoms with E-state index in [1.807, 2.05) is 32.9 Å². The van der Waals surface area contributed by atoms with E-state index in [0.717, 1.165) is 22.4 Å². The smallest absolute Gasteiger partial charge is 0.314 e. The van der Waals surface area contributed by atoms with Crippen LogP contribution in [0.1, 0.15) is 16.7 Å². The third-order valence-corrected chi connectivity index (χ3v) is 3.66. The standard InChI is InChI=1S/C18H20N2O5/c1-11-7-12(2)18(13(3)8-11)19-17(21)10-25-16-6-5-14(24-4)9-15(16)20(22)23/h5-9H,10H2,1-4H3,(H,19,21). The Hall–Kier alpha value is -3.09. The van der Waals surface area contributed by atoms with Crippen molar-refractivity contribution in [1.82, 2.24) is 0 Å². The van der Waals surface area contributed by atoms with Gasteiger partial charge in [0.15, 0.2) is 12.4 Å². The van der Waals surface area contributed by atoms with E-state index in [1.54, 1.807) is 0 Å². The first-order chi connectivity index (χ1) is 11.8. The highest BCUT2D eigenvalue weighted by Gasteiger charge is 2.18. The molecule has 0 fully saturated rings. The first-order valence-electron chi connectivity index (χ1n) is 7.64. The lowest BCUT2D eigenvalue weighted by Crippen LogP contribution is -2.21. The highest BCUT2D eigenvalue weighted by atomic mass is 16.6. The lowest BCUT2D eigenvalue weighted by atomic mass is 10.1. The van der Waals surface area contributed by atoms with Crippen LogP contribution in [0.3, 0.4) is 0 Å². The van der Waals surface area contributed by atoms with Gasteiger partial charge in [-0.2, -0.15) is 0 Å². The van der Waals surface area contributed by atoms with Gasteiger partial charge in [0.05, 0.1) is 18.1 Å². The topological polar surface area (TPSA) is 90.7 Å². The van der Waals surface area contributed by atoms with Gasteiger partial charge < -0.3 is 14.8 Å². The van der Waals surface area contributed by atoms with E-state index in [9.17, 15) is 14.9 Å². The maximum absolute atomic E-state index is 12.1. The largest absolute Gasteiger partial charge is 0.496 e. The zero-order chi connectivity index (χ0) is 18.6.